The highest BCUT2D eigenvalue weighted by atomic mass is 16.3. The van der Waals surface area contributed by atoms with Crippen LogP contribution in [0.1, 0.15) is 24.3 Å². The Hall–Kier alpha value is -6.78. The van der Waals surface area contributed by atoms with E-state index in [0.717, 1.165) is 68.2 Å². The number of furan rings is 1. The molecule has 8 aromatic rings. The third-order valence-corrected chi connectivity index (χ3v) is 11.2. The Balaban J connectivity index is 1.13. The summed E-state index contributed by atoms with van der Waals surface area (Å²) in [6.45, 7) is 0. The second-order valence-electron chi connectivity index (χ2n) is 14.4. The number of hydrogen-bond acceptors (Lipinski definition) is 4. The molecule has 2 atom stereocenters. The Morgan fingerprint density at radius 1 is 0.611 bits per heavy atom. The molecule has 1 aliphatic heterocycles. The number of rotatable bonds is 5. The molecule has 0 amide bonds. The second kappa shape index (κ2) is 12.4. The molecule has 0 bridgehead atoms. The molecule has 2 unspecified atom stereocenters. The van der Waals surface area contributed by atoms with Crippen LogP contribution in [-0.2, 0) is 0 Å². The third-order valence-electron chi connectivity index (χ3n) is 11.2. The summed E-state index contributed by atoms with van der Waals surface area (Å²) in [5.41, 5.74) is 14.1. The molecular formula is C50H35N3O. The van der Waals surface area contributed by atoms with Gasteiger partial charge in [0.1, 0.15) is 5.58 Å². The van der Waals surface area contributed by atoms with Crippen LogP contribution in [0, 0.1) is 0 Å². The van der Waals surface area contributed by atoms with Gasteiger partial charge in [0.25, 0.3) is 0 Å². The van der Waals surface area contributed by atoms with Gasteiger partial charge in [-0.1, -0.05) is 152 Å². The van der Waals surface area contributed by atoms with Crippen LogP contribution in [-0.4, -0.2) is 16.0 Å². The van der Waals surface area contributed by atoms with Gasteiger partial charge in [0.05, 0.1) is 22.9 Å². The molecule has 256 valence electrons. The molecular weight excluding hydrogens is 659 g/mol. The smallest absolute Gasteiger partial charge is 0.160 e. The van der Waals surface area contributed by atoms with Gasteiger partial charge in [-0.15, -0.1) is 0 Å². The number of hydrogen-bond donors (Lipinski definition) is 0. The van der Waals surface area contributed by atoms with E-state index in [1.807, 2.05) is 24.3 Å². The normalized spacial score (nSPS) is 17.5. The lowest BCUT2D eigenvalue weighted by molar-refractivity contribution is 0.663. The Morgan fingerprint density at radius 2 is 1.41 bits per heavy atom. The van der Waals surface area contributed by atoms with E-state index >= 15 is 0 Å². The van der Waals surface area contributed by atoms with Crippen LogP contribution in [0.5, 0.6) is 0 Å². The van der Waals surface area contributed by atoms with Gasteiger partial charge < -0.3 is 9.32 Å². The number of para-hydroxylation sites is 2. The number of nitrogens with zero attached hydrogens (tertiary/aromatic N) is 3. The SMILES string of the molecule is C1=CC(C2=CC3C(C=C2)c2ccc(-c4ccccc4)cc2N3c2cccc3c2oc2cccc(-c4nc(-c5ccccc5)nc5ccccc45)c23)=CCC1. The summed E-state index contributed by atoms with van der Waals surface area (Å²) in [5, 5.41) is 3.14. The van der Waals surface area contributed by atoms with Crippen LogP contribution in [0.3, 0.4) is 0 Å². The summed E-state index contributed by atoms with van der Waals surface area (Å²) < 4.78 is 6.99. The van der Waals surface area contributed by atoms with Crippen LogP contribution >= 0.6 is 0 Å². The first kappa shape index (κ1) is 30.8. The molecule has 54 heavy (non-hydrogen) atoms. The van der Waals surface area contributed by atoms with Crippen molar-refractivity contribution in [2.75, 3.05) is 4.90 Å². The van der Waals surface area contributed by atoms with Gasteiger partial charge in [0.15, 0.2) is 11.4 Å². The van der Waals surface area contributed by atoms with Gasteiger partial charge in [-0.25, -0.2) is 9.97 Å². The number of fused-ring (bicyclic) bond motifs is 7. The maximum absolute atomic E-state index is 6.99. The lowest BCUT2D eigenvalue weighted by atomic mass is 9.85. The van der Waals surface area contributed by atoms with E-state index in [1.165, 1.54) is 33.5 Å². The molecule has 2 aliphatic carbocycles. The first-order valence-electron chi connectivity index (χ1n) is 18.8. The number of benzene rings is 6. The molecule has 3 aliphatic rings. The minimum absolute atomic E-state index is 0.0831. The number of aromatic nitrogens is 2. The van der Waals surface area contributed by atoms with Crippen molar-refractivity contribution in [1.82, 2.24) is 9.97 Å². The monoisotopic (exact) mass is 693 g/mol. The van der Waals surface area contributed by atoms with Crippen molar-refractivity contribution in [1.29, 1.82) is 0 Å². The zero-order chi connectivity index (χ0) is 35.6. The average Bonchev–Trinajstić information content (AvgIpc) is 3.79. The molecule has 2 aromatic heterocycles. The predicted octanol–water partition coefficient (Wildman–Crippen LogP) is 12.9. The Morgan fingerprint density at radius 3 is 2.26 bits per heavy atom. The molecule has 0 N–H and O–H groups in total. The standard InChI is InChI=1S/C50H35N3O/c1-4-14-32(15-5-1)35-26-28-37-38-29-27-36(33-16-6-2-7-17-33)31-45(38)53(44(37)30-35)43-24-12-22-41-47-40(21-13-25-46(47)54-49(41)43)48-39-20-10-11-23-42(39)51-50(52-48)34-18-8-3-9-19-34/h1,3-6,8-31,38,45H,2,7H2. The number of anilines is 2. The van der Waals surface area contributed by atoms with E-state index < -0.39 is 0 Å². The van der Waals surface area contributed by atoms with E-state index in [0.29, 0.717) is 5.82 Å². The molecule has 4 nitrogen and oxygen atoms in total. The fourth-order valence-electron chi connectivity index (χ4n) is 8.72. The highest BCUT2D eigenvalue weighted by Crippen LogP contribution is 2.52. The maximum atomic E-state index is 6.99. The van der Waals surface area contributed by atoms with E-state index in [4.69, 9.17) is 14.4 Å². The van der Waals surface area contributed by atoms with Gasteiger partial charge in [-0.3, -0.25) is 0 Å². The van der Waals surface area contributed by atoms with Crippen LogP contribution < -0.4 is 4.90 Å². The van der Waals surface area contributed by atoms with Crippen LogP contribution in [0.15, 0.2) is 192 Å². The van der Waals surface area contributed by atoms with E-state index in [9.17, 15) is 0 Å². The van der Waals surface area contributed by atoms with Crippen molar-refractivity contribution >= 4 is 44.2 Å². The largest absolute Gasteiger partial charge is 0.454 e. The summed E-state index contributed by atoms with van der Waals surface area (Å²) in [7, 11) is 0. The van der Waals surface area contributed by atoms with Gasteiger partial charge in [0.2, 0.25) is 0 Å². The summed E-state index contributed by atoms with van der Waals surface area (Å²) in [6.07, 6.45) is 16.3. The fourth-order valence-corrected chi connectivity index (χ4v) is 8.72. The van der Waals surface area contributed by atoms with Gasteiger partial charge >= 0.3 is 0 Å². The van der Waals surface area contributed by atoms with Crippen LogP contribution in [0.2, 0.25) is 0 Å². The molecule has 6 aromatic carbocycles. The maximum Gasteiger partial charge on any atom is 0.160 e. The molecule has 0 spiro atoms. The molecule has 0 saturated heterocycles. The molecule has 3 heterocycles. The molecule has 11 rings (SSSR count). The number of allylic oxidation sites excluding steroid dienone is 6. The van der Waals surface area contributed by atoms with Crippen molar-refractivity contribution < 1.29 is 4.42 Å². The topological polar surface area (TPSA) is 42.2 Å². The zero-order valence-electron chi connectivity index (χ0n) is 29.6. The molecule has 0 radical (unpaired) electrons. The first-order chi connectivity index (χ1) is 26.8. The lowest BCUT2D eigenvalue weighted by Crippen LogP contribution is -2.29. The van der Waals surface area contributed by atoms with Crippen molar-refractivity contribution in [3.05, 3.63) is 193 Å². The minimum Gasteiger partial charge on any atom is -0.454 e. The predicted molar refractivity (Wildman–Crippen MR) is 222 cm³/mol. The summed E-state index contributed by atoms with van der Waals surface area (Å²) in [6, 6.07) is 49.2. The quantitative estimate of drug-likeness (QED) is 0.180. The second-order valence-corrected chi connectivity index (χ2v) is 14.4. The molecule has 0 fully saturated rings. The summed E-state index contributed by atoms with van der Waals surface area (Å²) >= 11 is 0. The van der Waals surface area contributed by atoms with Crippen LogP contribution in [0.4, 0.5) is 11.4 Å². The van der Waals surface area contributed by atoms with Crippen LogP contribution in [0.25, 0.3) is 66.6 Å². The van der Waals surface area contributed by atoms with E-state index in [1.54, 1.807) is 0 Å². The first-order valence-corrected chi connectivity index (χ1v) is 18.8. The van der Waals surface area contributed by atoms with Crippen molar-refractivity contribution in [2.24, 2.45) is 0 Å². The Bertz CT molecular complexity index is 2900. The highest BCUT2D eigenvalue weighted by molar-refractivity contribution is 6.17. The fraction of sp³-hybridized carbons (Fsp3) is 0.0800. The van der Waals surface area contributed by atoms with Crippen molar-refractivity contribution in [2.45, 2.75) is 24.8 Å². The summed E-state index contributed by atoms with van der Waals surface area (Å²) in [4.78, 5) is 12.8. The zero-order valence-corrected chi connectivity index (χ0v) is 29.6. The average molecular weight is 694 g/mol. The summed E-state index contributed by atoms with van der Waals surface area (Å²) in [5.74, 6) is 0.917. The minimum atomic E-state index is 0.0831. The van der Waals surface area contributed by atoms with Gasteiger partial charge in [-0.2, -0.15) is 0 Å². The van der Waals surface area contributed by atoms with E-state index in [-0.39, 0.29) is 12.0 Å². The Kier molecular flexibility index (Phi) is 7.09. The highest BCUT2D eigenvalue weighted by Gasteiger charge is 2.40. The van der Waals surface area contributed by atoms with Crippen molar-refractivity contribution in [3.8, 4) is 33.8 Å². The lowest BCUT2D eigenvalue weighted by Gasteiger charge is -2.30. The van der Waals surface area contributed by atoms with E-state index in [2.05, 4.69) is 157 Å². The molecule has 4 heteroatoms. The van der Waals surface area contributed by atoms with Gasteiger partial charge in [-0.05, 0) is 64.9 Å². The molecule has 0 saturated carbocycles. The van der Waals surface area contributed by atoms with Gasteiger partial charge in [0, 0.05) is 38.9 Å². The van der Waals surface area contributed by atoms with Crippen molar-refractivity contribution in [3.63, 3.8) is 0 Å². The third kappa shape index (κ3) is 4.91. The Labute approximate surface area is 313 Å².